The highest BCUT2D eigenvalue weighted by atomic mass is 19.1. The minimum atomic E-state index is -0.937. The van der Waals surface area contributed by atoms with Crippen molar-refractivity contribution < 1.29 is 19.0 Å². The zero-order chi connectivity index (χ0) is 24.1. The van der Waals surface area contributed by atoms with Gasteiger partial charge in [-0.3, -0.25) is 9.79 Å². The number of para-hydroxylation sites is 1. The molecule has 0 aromatic heterocycles. The van der Waals surface area contributed by atoms with Gasteiger partial charge in [0, 0.05) is 47.2 Å². The highest BCUT2D eigenvalue weighted by Crippen LogP contribution is 2.33. The topological polar surface area (TPSA) is 111 Å². The number of anilines is 1. The largest absolute Gasteiger partial charge is 0.489 e. The maximum Gasteiger partial charge on any atom is 0.307 e. The number of hydrogen-bond donors (Lipinski definition) is 3. The number of carbonyl (C=O) groups is 1. The molecule has 1 aliphatic rings. The normalized spacial score (nSPS) is 13.4. The van der Waals surface area contributed by atoms with E-state index in [-0.39, 0.29) is 25.4 Å². The second-order valence-electron chi connectivity index (χ2n) is 8.53. The standard InChI is InChI=1S/C27H28FN3O3/c28-27-20(13-29)5-3-6-21(27)22-10-18(11-24(30)23(22)15-31-14-17-8-9-17)16-34-25-7-2-1-4-19(25)12-26(32)33/h1-7,10-11,15,17H,8-9,12-14,16,29-30H2,(H,32,33). The number of aliphatic imine (C=N–C) groups is 1. The van der Waals surface area contributed by atoms with Gasteiger partial charge in [-0.15, -0.1) is 0 Å². The van der Waals surface area contributed by atoms with Gasteiger partial charge in [-0.25, -0.2) is 4.39 Å². The van der Waals surface area contributed by atoms with Crippen LogP contribution in [0.25, 0.3) is 11.1 Å². The van der Waals surface area contributed by atoms with Crippen LogP contribution in [0.3, 0.4) is 0 Å². The summed E-state index contributed by atoms with van der Waals surface area (Å²) < 4.78 is 21.2. The van der Waals surface area contributed by atoms with E-state index in [2.05, 4.69) is 4.99 Å². The van der Waals surface area contributed by atoms with Crippen LogP contribution in [0.5, 0.6) is 5.75 Å². The van der Waals surface area contributed by atoms with E-state index < -0.39 is 5.97 Å². The van der Waals surface area contributed by atoms with Crippen molar-refractivity contribution in [2.24, 2.45) is 16.6 Å². The van der Waals surface area contributed by atoms with Crippen LogP contribution in [0.4, 0.5) is 10.1 Å². The van der Waals surface area contributed by atoms with E-state index in [1.807, 2.05) is 6.07 Å². The van der Waals surface area contributed by atoms with Gasteiger partial charge in [0.15, 0.2) is 0 Å². The molecule has 0 radical (unpaired) electrons. The van der Waals surface area contributed by atoms with Crippen LogP contribution >= 0.6 is 0 Å². The van der Waals surface area contributed by atoms with Gasteiger partial charge in [-0.2, -0.15) is 0 Å². The van der Waals surface area contributed by atoms with E-state index in [4.69, 9.17) is 21.3 Å². The molecule has 0 unspecified atom stereocenters. The fourth-order valence-corrected chi connectivity index (χ4v) is 3.84. The molecule has 6 nitrogen and oxygen atoms in total. The van der Waals surface area contributed by atoms with Crippen molar-refractivity contribution in [1.29, 1.82) is 0 Å². The minimum Gasteiger partial charge on any atom is -0.489 e. The summed E-state index contributed by atoms with van der Waals surface area (Å²) in [5.41, 5.74) is 16.0. The highest BCUT2D eigenvalue weighted by Gasteiger charge is 2.20. The van der Waals surface area contributed by atoms with Crippen molar-refractivity contribution in [3.05, 3.63) is 82.7 Å². The lowest BCUT2D eigenvalue weighted by atomic mass is 9.94. The summed E-state index contributed by atoms with van der Waals surface area (Å²) in [5, 5.41) is 9.15. The predicted molar refractivity (Wildman–Crippen MR) is 131 cm³/mol. The SMILES string of the molecule is NCc1cccc(-c2cc(COc3ccccc3CC(=O)O)cc(N)c2C=NCC2CC2)c1F. The summed E-state index contributed by atoms with van der Waals surface area (Å²) >= 11 is 0. The van der Waals surface area contributed by atoms with E-state index in [1.165, 1.54) is 12.8 Å². The third kappa shape index (κ3) is 5.61. The lowest BCUT2D eigenvalue weighted by Crippen LogP contribution is -2.06. The van der Waals surface area contributed by atoms with Crippen LogP contribution in [0.1, 0.15) is 35.1 Å². The Kier molecular flexibility index (Phi) is 7.23. The molecule has 1 aliphatic carbocycles. The van der Waals surface area contributed by atoms with Crippen LogP contribution in [0.2, 0.25) is 0 Å². The van der Waals surface area contributed by atoms with Crippen molar-refractivity contribution in [2.45, 2.75) is 32.4 Å². The first-order valence-electron chi connectivity index (χ1n) is 11.3. The molecule has 0 spiro atoms. The molecule has 0 amide bonds. The number of rotatable bonds is 10. The molecule has 3 aromatic rings. The number of ether oxygens (including phenoxy) is 1. The number of carboxylic acid groups (broad SMARTS) is 1. The molecule has 1 saturated carbocycles. The van der Waals surface area contributed by atoms with Crippen LogP contribution in [-0.2, 0) is 24.4 Å². The highest BCUT2D eigenvalue weighted by molar-refractivity contribution is 5.97. The smallest absolute Gasteiger partial charge is 0.307 e. The molecular formula is C27H28FN3O3. The third-order valence-electron chi connectivity index (χ3n) is 5.85. The molecular weight excluding hydrogens is 433 g/mol. The first-order chi connectivity index (χ1) is 16.5. The number of carboxylic acids is 1. The Bertz CT molecular complexity index is 1220. The second-order valence-corrected chi connectivity index (χ2v) is 8.53. The fourth-order valence-electron chi connectivity index (χ4n) is 3.84. The Morgan fingerprint density at radius 2 is 1.88 bits per heavy atom. The summed E-state index contributed by atoms with van der Waals surface area (Å²) in [7, 11) is 0. The molecule has 7 heteroatoms. The quantitative estimate of drug-likeness (QED) is 0.303. The van der Waals surface area contributed by atoms with Gasteiger partial charge in [0.25, 0.3) is 0 Å². The Morgan fingerprint density at radius 1 is 1.12 bits per heavy atom. The number of nitrogens with zero attached hydrogens (tertiary/aromatic N) is 1. The first-order valence-corrected chi connectivity index (χ1v) is 11.3. The summed E-state index contributed by atoms with van der Waals surface area (Å²) in [5.74, 6) is -0.216. The molecule has 4 rings (SSSR count). The lowest BCUT2D eigenvalue weighted by molar-refractivity contribution is -0.136. The molecule has 1 fully saturated rings. The van der Waals surface area contributed by atoms with Gasteiger partial charge in [-0.1, -0.05) is 36.4 Å². The second kappa shape index (κ2) is 10.5. The van der Waals surface area contributed by atoms with E-state index in [0.29, 0.717) is 45.2 Å². The average Bonchev–Trinajstić information content (AvgIpc) is 3.64. The van der Waals surface area contributed by atoms with Crippen LogP contribution in [0.15, 0.2) is 59.6 Å². The van der Waals surface area contributed by atoms with Crippen LogP contribution in [0, 0.1) is 11.7 Å². The number of halogens is 1. The first kappa shape index (κ1) is 23.4. The van der Waals surface area contributed by atoms with Gasteiger partial charge >= 0.3 is 5.97 Å². The van der Waals surface area contributed by atoms with E-state index in [0.717, 1.165) is 12.1 Å². The number of nitrogens with two attached hydrogens (primary N) is 2. The molecule has 0 bridgehead atoms. The monoisotopic (exact) mass is 461 g/mol. The lowest BCUT2D eigenvalue weighted by Gasteiger charge is -2.16. The van der Waals surface area contributed by atoms with E-state index >= 15 is 4.39 Å². The number of nitrogen functional groups attached to an aromatic ring is 1. The van der Waals surface area contributed by atoms with Crippen molar-refractivity contribution in [1.82, 2.24) is 0 Å². The molecule has 176 valence electrons. The zero-order valence-electron chi connectivity index (χ0n) is 18.8. The van der Waals surface area contributed by atoms with Gasteiger partial charge in [0.05, 0.1) is 6.42 Å². The van der Waals surface area contributed by atoms with Gasteiger partial charge in [0.1, 0.15) is 18.2 Å². The van der Waals surface area contributed by atoms with Crippen LogP contribution in [-0.4, -0.2) is 23.8 Å². The van der Waals surface area contributed by atoms with Crippen molar-refractivity contribution in [3.63, 3.8) is 0 Å². The van der Waals surface area contributed by atoms with Gasteiger partial charge in [0.2, 0.25) is 0 Å². The molecule has 0 saturated heterocycles. The molecule has 3 aromatic carbocycles. The maximum absolute atomic E-state index is 15.2. The molecule has 5 N–H and O–H groups in total. The third-order valence-corrected chi connectivity index (χ3v) is 5.85. The molecule has 0 heterocycles. The zero-order valence-corrected chi connectivity index (χ0v) is 18.8. The predicted octanol–water partition coefficient (Wildman–Crippen LogP) is 4.57. The van der Waals surface area contributed by atoms with Crippen molar-refractivity contribution >= 4 is 17.9 Å². The fraction of sp³-hybridized carbons (Fsp3) is 0.259. The average molecular weight is 462 g/mol. The Labute approximate surface area is 198 Å². The van der Waals surface area contributed by atoms with E-state index in [1.54, 1.807) is 54.7 Å². The Morgan fingerprint density at radius 3 is 2.62 bits per heavy atom. The van der Waals surface area contributed by atoms with Crippen molar-refractivity contribution in [3.8, 4) is 16.9 Å². The Balaban J connectivity index is 1.69. The number of benzene rings is 3. The summed E-state index contributed by atoms with van der Waals surface area (Å²) in [4.78, 5) is 15.7. The number of aliphatic carboxylic acids is 1. The van der Waals surface area contributed by atoms with Crippen LogP contribution < -0.4 is 16.2 Å². The Hall–Kier alpha value is -3.71. The molecule has 0 atom stereocenters. The van der Waals surface area contributed by atoms with Crippen molar-refractivity contribution in [2.75, 3.05) is 12.3 Å². The van der Waals surface area contributed by atoms with E-state index in [9.17, 15) is 4.79 Å². The summed E-state index contributed by atoms with van der Waals surface area (Å²) in [6.07, 6.45) is 3.96. The van der Waals surface area contributed by atoms with Gasteiger partial charge < -0.3 is 21.3 Å². The molecule has 0 aliphatic heterocycles. The van der Waals surface area contributed by atoms with Gasteiger partial charge in [-0.05, 0) is 48.1 Å². The maximum atomic E-state index is 15.2. The summed E-state index contributed by atoms with van der Waals surface area (Å²) in [6.45, 7) is 0.963. The summed E-state index contributed by atoms with van der Waals surface area (Å²) in [6, 6.07) is 15.8. The number of hydrogen-bond acceptors (Lipinski definition) is 5. The minimum absolute atomic E-state index is 0.0867. The molecule has 34 heavy (non-hydrogen) atoms.